The molecule has 3 aromatic rings. The van der Waals surface area contributed by atoms with Crippen LogP contribution in [0.3, 0.4) is 0 Å². The molecule has 0 atom stereocenters. The molecule has 0 aliphatic carbocycles. The predicted octanol–water partition coefficient (Wildman–Crippen LogP) is 4.36. The first-order valence-electron chi connectivity index (χ1n) is 8.85. The van der Waals surface area contributed by atoms with Gasteiger partial charge in [0.05, 0.1) is 6.42 Å². The molecule has 1 aromatic heterocycles. The lowest BCUT2D eigenvalue weighted by Gasteiger charge is -2.07. The van der Waals surface area contributed by atoms with E-state index in [1.54, 1.807) is 18.2 Å². The van der Waals surface area contributed by atoms with E-state index in [0.29, 0.717) is 16.7 Å². The van der Waals surface area contributed by atoms with Crippen LogP contribution in [0.1, 0.15) is 17.5 Å². The summed E-state index contributed by atoms with van der Waals surface area (Å²) in [6.45, 7) is 0.811. The molecular formula is C21H21ClN4O. The Bertz CT molecular complexity index is 852. The van der Waals surface area contributed by atoms with Gasteiger partial charge in [-0.1, -0.05) is 54.1 Å². The van der Waals surface area contributed by atoms with Crippen LogP contribution in [0.4, 0.5) is 11.6 Å². The number of rotatable bonds is 8. The number of aryl methyl sites for hydroxylation is 1. The van der Waals surface area contributed by atoms with E-state index in [0.717, 1.165) is 24.9 Å². The number of carbonyl (C=O) groups excluding carboxylic acids is 1. The maximum atomic E-state index is 12.1. The van der Waals surface area contributed by atoms with Crippen molar-refractivity contribution in [2.75, 3.05) is 17.2 Å². The Balaban J connectivity index is 1.41. The van der Waals surface area contributed by atoms with Crippen LogP contribution >= 0.6 is 11.6 Å². The van der Waals surface area contributed by atoms with Crippen molar-refractivity contribution in [3.8, 4) is 0 Å². The lowest BCUT2D eigenvalue weighted by molar-refractivity contribution is -0.115. The molecule has 0 bridgehead atoms. The van der Waals surface area contributed by atoms with Gasteiger partial charge in [-0.25, -0.2) is 0 Å². The van der Waals surface area contributed by atoms with Crippen molar-refractivity contribution >= 4 is 29.1 Å². The molecule has 0 fully saturated rings. The average Bonchev–Trinajstić information content (AvgIpc) is 2.69. The second-order valence-corrected chi connectivity index (χ2v) is 6.61. The minimum absolute atomic E-state index is 0.143. The number of benzene rings is 2. The Kier molecular flexibility index (Phi) is 6.77. The Hall–Kier alpha value is -2.92. The zero-order valence-corrected chi connectivity index (χ0v) is 15.6. The largest absolute Gasteiger partial charge is 0.369 e. The highest BCUT2D eigenvalue weighted by Gasteiger charge is 2.06. The number of hydrogen-bond donors (Lipinski definition) is 2. The lowest BCUT2D eigenvalue weighted by Crippen LogP contribution is -2.16. The van der Waals surface area contributed by atoms with Gasteiger partial charge in [0.25, 0.3) is 0 Å². The maximum absolute atomic E-state index is 12.1. The van der Waals surface area contributed by atoms with E-state index in [9.17, 15) is 4.79 Å². The van der Waals surface area contributed by atoms with Crippen LogP contribution in [0.5, 0.6) is 0 Å². The Morgan fingerprint density at radius 1 is 0.852 bits per heavy atom. The van der Waals surface area contributed by atoms with Crippen LogP contribution in [-0.2, 0) is 17.6 Å². The summed E-state index contributed by atoms with van der Waals surface area (Å²) in [6.07, 6.45) is 2.28. The van der Waals surface area contributed by atoms with Crippen molar-refractivity contribution in [1.82, 2.24) is 10.2 Å². The van der Waals surface area contributed by atoms with E-state index in [4.69, 9.17) is 11.6 Å². The molecular weight excluding hydrogens is 360 g/mol. The molecule has 2 aromatic carbocycles. The molecule has 1 heterocycles. The van der Waals surface area contributed by atoms with Crippen LogP contribution < -0.4 is 10.6 Å². The highest BCUT2D eigenvalue weighted by Crippen LogP contribution is 2.11. The standard InChI is InChI=1S/C21H21ClN4O/c22-18-10-8-17(9-11-18)15-21(27)24-20-13-12-19(25-26-20)23-14-4-7-16-5-2-1-3-6-16/h1-3,5-6,8-13H,4,7,14-15H2,(H,23,25)(H,24,26,27). The van der Waals surface area contributed by atoms with Gasteiger partial charge in [0.2, 0.25) is 5.91 Å². The monoisotopic (exact) mass is 380 g/mol. The summed E-state index contributed by atoms with van der Waals surface area (Å²) in [5, 5.41) is 14.8. The molecule has 0 radical (unpaired) electrons. The summed E-state index contributed by atoms with van der Waals surface area (Å²) in [4.78, 5) is 12.1. The van der Waals surface area contributed by atoms with Crippen molar-refractivity contribution in [3.63, 3.8) is 0 Å². The van der Waals surface area contributed by atoms with Gasteiger partial charge in [0.1, 0.15) is 5.82 Å². The zero-order valence-electron chi connectivity index (χ0n) is 14.9. The summed E-state index contributed by atoms with van der Waals surface area (Å²) < 4.78 is 0. The Morgan fingerprint density at radius 2 is 1.56 bits per heavy atom. The fraction of sp³-hybridized carbons (Fsp3) is 0.190. The molecule has 27 heavy (non-hydrogen) atoms. The van der Waals surface area contributed by atoms with Crippen molar-refractivity contribution in [2.24, 2.45) is 0 Å². The fourth-order valence-corrected chi connectivity index (χ4v) is 2.75. The molecule has 0 saturated heterocycles. The predicted molar refractivity (Wildman–Crippen MR) is 109 cm³/mol. The number of nitrogens with zero attached hydrogens (tertiary/aromatic N) is 2. The smallest absolute Gasteiger partial charge is 0.229 e. The molecule has 1 amide bonds. The van der Waals surface area contributed by atoms with Crippen molar-refractivity contribution in [3.05, 3.63) is 82.9 Å². The van der Waals surface area contributed by atoms with Crippen LogP contribution in [-0.4, -0.2) is 22.6 Å². The topological polar surface area (TPSA) is 66.9 Å². The lowest BCUT2D eigenvalue weighted by atomic mass is 10.1. The Labute approximate surface area is 163 Å². The van der Waals surface area contributed by atoms with E-state index in [1.807, 2.05) is 36.4 Å². The molecule has 0 saturated carbocycles. The maximum Gasteiger partial charge on any atom is 0.229 e. The molecule has 0 aliphatic heterocycles. The number of hydrogen-bond acceptors (Lipinski definition) is 4. The van der Waals surface area contributed by atoms with E-state index < -0.39 is 0 Å². The summed E-state index contributed by atoms with van der Waals surface area (Å²) in [6, 6.07) is 21.1. The first-order chi connectivity index (χ1) is 13.2. The first-order valence-corrected chi connectivity index (χ1v) is 9.23. The quantitative estimate of drug-likeness (QED) is 0.570. The second kappa shape index (κ2) is 9.69. The van der Waals surface area contributed by atoms with Crippen molar-refractivity contribution in [1.29, 1.82) is 0 Å². The van der Waals surface area contributed by atoms with E-state index in [2.05, 4.69) is 33.0 Å². The number of halogens is 1. The van der Waals surface area contributed by atoms with Crippen LogP contribution in [0.2, 0.25) is 5.02 Å². The summed E-state index contributed by atoms with van der Waals surface area (Å²) >= 11 is 5.84. The number of anilines is 2. The van der Waals surface area contributed by atoms with Crippen molar-refractivity contribution < 1.29 is 4.79 Å². The highest BCUT2D eigenvalue weighted by molar-refractivity contribution is 6.30. The number of carbonyl (C=O) groups is 1. The van der Waals surface area contributed by atoms with Gasteiger partial charge in [-0.15, -0.1) is 10.2 Å². The van der Waals surface area contributed by atoms with Gasteiger partial charge in [0, 0.05) is 11.6 Å². The number of amides is 1. The summed E-state index contributed by atoms with van der Waals surface area (Å²) in [5.74, 6) is 0.984. The van der Waals surface area contributed by atoms with Crippen LogP contribution in [0.25, 0.3) is 0 Å². The molecule has 5 nitrogen and oxygen atoms in total. The zero-order chi connectivity index (χ0) is 18.9. The third-order valence-corrected chi connectivity index (χ3v) is 4.25. The van der Waals surface area contributed by atoms with Crippen molar-refractivity contribution in [2.45, 2.75) is 19.3 Å². The number of aromatic nitrogens is 2. The second-order valence-electron chi connectivity index (χ2n) is 6.17. The normalized spacial score (nSPS) is 10.4. The van der Waals surface area contributed by atoms with Gasteiger partial charge in [0.15, 0.2) is 5.82 Å². The molecule has 3 rings (SSSR count). The molecule has 0 unspecified atom stereocenters. The van der Waals surface area contributed by atoms with E-state index in [-0.39, 0.29) is 12.3 Å². The third kappa shape index (κ3) is 6.38. The molecule has 0 aliphatic rings. The molecule has 0 spiro atoms. The average molecular weight is 381 g/mol. The minimum atomic E-state index is -0.143. The highest BCUT2D eigenvalue weighted by atomic mass is 35.5. The van der Waals surface area contributed by atoms with Gasteiger partial charge in [-0.3, -0.25) is 4.79 Å². The first kappa shape index (κ1) is 18.9. The van der Waals surface area contributed by atoms with Crippen LogP contribution in [0, 0.1) is 0 Å². The molecule has 2 N–H and O–H groups in total. The number of nitrogens with one attached hydrogen (secondary N) is 2. The van der Waals surface area contributed by atoms with E-state index in [1.165, 1.54) is 5.56 Å². The minimum Gasteiger partial charge on any atom is -0.369 e. The molecule has 138 valence electrons. The van der Waals surface area contributed by atoms with Gasteiger partial charge in [-0.05, 0) is 48.2 Å². The van der Waals surface area contributed by atoms with E-state index >= 15 is 0 Å². The fourth-order valence-electron chi connectivity index (χ4n) is 2.62. The SMILES string of the molecule is O=C(Cc1ccc(Cl)cc1)Nc1ccc(NCCCc2ccccc2)nn1. The van der Waals surface area contributed by atoms with Gasteiger partial charge >= 0.3 is 0 Å². The Morgan fingerprint density at radius 3 is 2.26 bits per heavy atom. The third-order valence-electron chi connectivity index (χ3n) is 4.00. The van der Waals surface area contributed by atoms with Gasteiger partial charge < -0.3 is 10.6 Å². The summed E-state index contributed by atoms with van der Waals surface area (Å²) in [5.41, 5.74) is 2.21. The molecule has 6 heteroatoms. The van der Waals surface area contributed by atoms with Gasteiger partial charge in [-0.2, -0.15) is 0 Å². The van der Waals surface area contributed by atoms with Crippen LogP contribution in [0.15, 0.2) is 66.7 Å². The summed E-state index contributed by atoms with van der Waals surface area (Å²) in [7, 11) is 0.